The lowest BCUT2D eigenvalue weighted by Gasteiger charge is -2.14. The molecule has 2 aromatic carbocycles. The molecule has 1 aliphatic carbocycles. The van der Waals surface area contributed by atoms with E-state index in [1.54, 1.807) is 38.4 Å². The van der Waals surface area contributed by atoms with Gasteiger partial charge in [-0.05, 0) is 55.2 Å². The Morgan fingerprint density at radius 3 is 2.29 bits per heavy atom. The van der Waals surface area contributed by atoms with Gasteiger partial charge >= 0.3 is 0 Å². The fraction of sp³-hybridized carbons (Fsp3) is 0.292. The SMILES string of the molecule is CN(C)C(=O)c1ccc(NC(=O)CNc2ccccc2NC(=O)CC2C=CCC2)cc1. The summed E-state index contributed by atoms with van der Waals surface area (Å²) in [5, 5.41) is 8.80. The maximum absolute atomic E-state index is 12.3. The molecule has 0 aliphatic heterocycles. The molecule has 3 amide bonds. The average Bonchev–Trinajstić information content (AvgIpc) is 3.26. The summed E-state index contributed by atoms with van der Waals surface area (Å²) in [6.45, 7) is 0.0383. The number of para-hydroxylation sites is 2. The van der Waals surface area contributed by atoms with Gasteiger partial charge in [0, 0.05) is 31.8 Å². The number of amides is 3. The van der Waals surface area contributed by atoms with Crippen molar-refractivity contribution in [2.45, 2.75) is 19.3 Å². The molecule has 0 bridgehead atoms. The first-order valence-corrected chi connectivity index (χ1v) is 10.3. The summed E-state index contributed by atoms with van der Waals surface area (Å²) in [6.07, 6.45) is 6.70. The zero-order chi connectivity index (χ0) is 22.2. The highest BCUT2D eigenvalue weighted by Crippen LogP contribution is 2.24. The monoisotopic (exact) mass is 420 g/mol. The smallest absolute Gasteiger partial charge is 0.253 e. The topological polar surface area (TPSA) is 90.5 Å². The normalized spacial score (nSPS) is 14.7. The van der Waals surface area contributed by atoms with E-state index in [2.05, 4.69) is 28.1 Å². The summed E-state index contributed by atoms with van der Waals surface area (Å²) in [5.41, 5.74) is 2.49. The largest absolute Gasteiger partial charge is 0.374 e. The van der Waals surface area contributed by atoms with Gasteiger partial charge in [-0.25, -0.2) is 0 Å². The zero-order valence-electron chi connectivity index (χ0n) is 17.9. The third kappa shape index (κ3) is 6.44. The Bertz CT molecular complexity index is 967. The molecule has 3 N–H and O–H groups in total. The molecule has 7 heteroatoms. The molecule has 0 saturated heterocycles. The van der Waals surface area contributed by atoms with E-state index in [1.165, 1.54) is 4.90 Å². The lowest BCUT2D eigenvalue weighted by Crippen LogP contribution is -2.23. The maximum Gasteiger partial charge on any atom is 0.253 e. The van der Waals surface area contributed by atoms with Crippen LogP contribution in [-0.4, -0.2) is 43.3 Å². The summed E-state index contributed by atoms with van der Waals surface area (Å²) >= 11 is 0. The number of hydrogen-bond donors (Lipinski definition) is 3. The Kier molecular flexibility index (Phi) is 7.43. The van der Waals surface area contributed by atoms with Crippen LogP contribution in [0, 0.1) is 5.92 Å². The first kappa shape index (κ1) is 22.1. The molecular weight excluding hydrogens is 392 g/mol. The molecule has 2 aromatic rings. The zero-order valence-corrected chi connectivity index (χ0v) is 17.9. The van der Waals surface area contributed by atoms with Crippen molar-refractivity contribution >= 4 is 34.8 Å². The predicted molar refractivity (Wildman–Crippen MR) is 123 cm³/mol. The van der Waals surface area contributed by atoms with E-state index in [0.29, 0.717) is 35.0 Å². The van der Waals surface area contributed by atoms with Crippen molar-refractivity contribution in [1.82, 2.24) is 4.90 Å². The Morgan fingerprint density at radius 1 is 0.935 bits per heavy atom. The molecule has 3 rings (SSSR count). The number of nitrogens with one attached hydrogen (secondary N) is 3. The second-order valence-electron chi connectivity index (χ2n) is 7.74. The van der Waals surface area contributed by atoms with Crippen molar-refractivity contribution in [3.8, 4) is 0 Å². The molecule has 1 atom stereocenters. The first-order valence-electron chi connectivity index (χ1n) is 10.3. The molecule has 7 nitrogen and oxygen atoms in total. The molecule has 0 aromatic heterocycles. The number of carbonyl (C=O) groups excluding carboxylic acids is 3. The highest BCUT2D eigenvalue weighted by atomic mass is 16.2. The number of allylic oxidation sites excluding steroid dienone is 2. The van der Waals surface area contributed by atoms with E-state index in [-0.39, 0.29) is 24.3 Å². The number of nitrogens with zero attached hydrogens (tertiary/aromatic N) is 1. The van der Waals surface area contributed by atoms with E-state index in [0.717, 1.165) is 12.8 Å². The fourth-order valence-electron chi connectivity index (χ4n) is 3.39. The fourth-order valence-corrected chi connectivity index (χ4v) is 3.39. The van der Waals surface area contributed by atoms with E-state index < -0.39 is 0 Å². The predicted octanol–water partition coefficient (Wildman–Crippen LogP) is 3.73. The van der Waals surface area contributed by atoms with Gasteiger partial charge < -0.3 is 20.9 Å². The molecule has 0 fully saturated rings. The minimum atomic E-state index is -0.232. The first-order chi connectivity index (χ1) is 14.9. The van der Waals surface area contributed by atoms with Crippen molar-refractivity contribution in [3.05, 3.63) is 66.2 Å². The minimum Gasteiger partial charge on any atom is -0.374 e. The van der Waals surface area contributed by atoms with Gasteiger partial charge in [-0.3, -0.25) is 14.4 Å². The summed E-state index contributed by atoms with van der Waals surface area (Å²) in [4.78, 5) is 38.1. The number of hydrogen-bond acceptors (Lipinski definition) is 4. The van der Waals surface area contributed by atoms with Crippen LogP contribution < -0.4 is 16.0 Å². The second kappa shape index (κ2) is 10.4. The van der Waals surface area contributed by atoms with Crippen molar-refractivity contribution in [2.75, 3.05) is 36.6 Å². The molecule has 0 radical (unpaired) electrons. The van der Waals surface area contributed by atoms with Gasteiger partial charge in [0.05, 0.1) is 17.9 Å². The van der Waals surface area contributed by atoms with Crippen molar-refractivity contribution in [3.63, 3.8) is 0 Å². The van der Waals surface area contributed by atoms with Crippen LogP contribution in [0.5, 0.6) is 0 Å². The number of carbonyl (C=O) groups is 3. The van der Waals surface area contributed by atoms with Crippen LogP contribution >= 0.6 is 0 Å². The molecule has 1 aliphatic rings. The Morgan fingerprint density at radius 2 is 1.65 bits per heavy atom. The summed E-state index contributed by atoms with van der Waals surface area (Å²) in [6, 6.07) is 14.1. The van der Waals surface area contributed by atoms with Crippen LogP contribution in [0.25, 0.3) is 0 Å². The van der Waals surface area contributed by atoms with Gasteiger partial charge in [0.15, 0.2) is 0 Å². The van der Waals surface area contributed by atoms with Gasteiger partial charge in [-0.1, -0.05) is 24.3 Å². The Balaban J connectivity index is 1.52. The third-order valence-electron chi connectivity index (χ3n) is 5.02. The summed E-state index contributed by atoms with van der Waals surface area (Å²) in [7, 11) is 3.38. The van der Waals surface area contributed by atoms with Gasteiger partial charge in [0.1, 0.15) is 0 Å². The molecule has 0 heterocycles. The van der Waals surface area contributed by atoms with Crippen LogP contribution in [0.1, 0.15) is 29.6 Å². The van der Waals surface area contributed by atoms with Crippen LogP contribution in [0.15, 0.2) is 60.7 Å². The van der Waals surface area contributed by atoms with Crippen molar-refractivity contribution < 1.29 is 14.4 Å². The molecular formula is C24H28N4O3. The Labute approximate surface area is 182 Å². The molecule has 162 valence electrons. The van der Waals surface area contributed by atoms with E-state index >= 15 is 0 Å². The van der Waals surface area contributed by atoms with E-state index in [4.69, 9.17) is 0 Å². The standard InChI is InChI=1S/C24H28N4O3/c1-28(2)24(31)18-11-13-19(14-12-18)26-23(30)16-25-20-9-5-6-10-21(20)27-22(29)15-17-7-3-4-8-17/h3,5-7,9-14,17,25H,4,8,15-16H2,1-2H3,(H,26,30)(H,27,29). The molecule has 0 spiro atoms. The number of benzene rings is 2. The number of anilines is 3. The molecule has 1 unspecified atom stereocenters. The minimum absolute atomic E-state index is 0.0383. The van der Waals surface area contributed by atoms with Crippen LogP contribution in [-0.2, 0) is 9.59 Å². The lowest BCUT2D eigenvalue weighted by atomic mass is 10.0. The van der Waals surface area contributed by atoms with Crippen LogP contribution in [0.3, 0.4) is 0 Å². The molecule has 0 saturated carbocycles. The lowest BCUT2D eigenvalue weighted by molar-refractivity contribution is -0.117. The van der Waals surface area contributed by atoms with Crippen LogP contribution in [0.2, 0.25) is 0 Å². The van der Waals surface area contributed by atoms with Crippen LogP contribution in [0.4, 0.5) is 17.1 Å². The Hall–Kier alpha value is -3.61. The van der Waals surface area contributed by atoms with E-state index in [9.17, 15) is 14.4 Å². The highest BCUT2D eigenvalue weighted by molar-refractivity contribution is 5.98. The highest BCUT2D eigenvalue weighted by Gasteiger charge is 2.15. The summed E-state index contributed by atoms with van der Waals surface area (Å²) in [5.74, 6) is -0.0704. The van der Waals surface area contributed by atoms with Gasteiger partial charge in [0.2, 0.25) is 11.8 Å². The van der Waals surface area contributed by atoms with Gasteiger partial charge in [-0.2, -0.15) is 0 Å². The molecule has 31 heavy (non-hydrogen) atoms. The van der Waals surface area contributed by atoms with Crippen molar-refractivity contribution in [1.29, 1.82) is 0 Å². The van der Waals surface area contributed by atoms with Crippen molar-refractivity contribution in [2.24, 2.45) is 5.92 Å². The quantitative estimate of drug-likeness (QED) is 0.568. The maximum atomic E-state index is 12.3. The average molecular weight is 421 g/mol. The summed E-state index contributed by atoms with van der Waals surface area (Å²) < 4.78 is 0. The van der Waals surface area contributed by atoms with Gasteiger partial charge in [0.25, 0.3) is 5.91 Å². The number of rotatable bonds is 8. The second-order valence-corrected chi connectivity index (χ2v) is 7.74. The van der Waals surface area contributed by atoms with Gasteiger partial charge in [-0.15, -0.1) is 0 Å². The third-order valence-corrected chi connectivity index (χ3v) is 5.02. The van der Waals surface area contributed by atoms with E-state index in [1.807, 2.05) is 24.3 Å².